The highest BCUT2D eigenvalue weighted by Gasteiger charge is 2.16. The number of aliphatic hydroxyl groups is 1. The van der Waals surface area contributed by atoms with Crippen LogP contribution in [0.15, 0.2) is 53.5 Å². The molecule has 1 saturated heterocycles. The number of anilines is 3. The first-order valence-electron chi connectivity index (χ1n) is 10.6. The number of rotatable bonds is 5. The van der Waals surface area contributed by atoms with Crippen LogP contribution in [0.25, 0.3) is 22.3 Å². The number of fused-ring (bicyclic) bond motifs is 1. The normalized spacial score (nSPS) is 13.9. The monoisotopic (exact) mass is 463 g/mol. The molecule has 2 aromatic heterocycles. The minimum atomic E-state index is -0.300. The van der Waals surface area contributed by atoms with E-state index in [-0.39, 0.29) is 17.7 Å². The van der Waals surface area contributed by atoms with Crippen molar-refractivity contribution in [2.24, 2.45) is 0 Å². The highest BCUT2D eigenvalue weighted by Crippen LogP contribution is 2.27. The average Bonchev–Trinajstić information content (AvgIpc) is 2.85. The standard InChI is InChI=1S/C23H22ClN7O2/c24-18-4-2-1-3-16(18)20-21(33)17-12-26-23(28-22(17)30-29-20)27-15-5-6-19(14(11-15)13-32)31-9-7-25-8-10-31/h1-6,11-12,25,32H,7-10,13H2,(H2,26,27,28,30,33). The summed E-state index contributed by atoms with van der Waals surface area (Å²) in [6.07, 6.45) is 1.47. The third-order valence-electron chi connectivity index (χ3n) is 5.61. The summed E-state index contributed by atoms with van der Waals surface area (Å²) < 4.78 is 0. The number of piperazine rings is 1. The third-order valence-corrected chi connectivity index (χ3v) is 5.94. The quantitative estimate of drug-likeness (QED) is 0.356. The second-order valence-corrected chi connectivity index (χ2v) is 8.11. The molecule has 0 spiro atoms. The van der Waals surface area contributed by atoms with Crippen molar-refractivity contribution in [1.82, 2.24) is 25.5 Å². The molecule has 0 bridgehead atoms. The molecule has 4 N–H and O–H groups in total. The van der Waals surface area contributed by atoms with Crippen LogP contribution < -0.4 is 21.0 Å². The van der Waals surface area contributed by atoms with Crippen LogP contribution in [0.2, 0.25) is 5.02 Å². The van der Waals surface area contributed by atoms with Gasteiger partial charge in [0.15, 0.2) is 5.65 Å². The summed E-state index contributed by atoms with van der Waals surface area (Å²) in [6, 6.07) is 12.8. The van der Waals surface area contributed by atoms with E-state index in [0.29, 0.717) is 27.6 Å². The molecule has 168 valence electrons. The summed E-state index contributed by atoms with van der Waals surface area (Å²) in [6.45, 7) is 3.55. The van der Waals surface area contributed by atoms with Gasteiger partial charge in [-0.15, -0.1) is 0 Å². The van der Waals surface area contributed by atoms with Gasteiger partial charge in [-0.05, 0) is 24.3 Å². The Morgan fingerprint density at radius 1 is 1.15 bits per heavy atom. The zero-order valence-corrected chi connectivity index (χ0v) is 18.4. The number of nitrogens with zero attached hydrogens (tertiary/aromatic N) is 4. The Balaban J connectivity index is 1.43. The van der Waals surface area contributed by atoms with Gasteiger partial charge in [0.05, 0.1) is 17.0 Å². The molecule has 1 fully saturated rings. The second-order valence-electron chi connectivity index (χ2n) is 7.70. The number of hydrogen-bond donors (Lipinski definition) is 4. The lowest BCUT2D eigenvalue weighted by atomic mass is 10.1. The van der Waals surface area contributed by atoms with Crippen LogP contribution in [-0.4, -0.2) is 51.5 Å². The number of halogens is 1. The van der Waals surface area contributed by atoms with Crippen LogP contribution >= 0.6 is 11.6 Å². The van der Waals surface area contributed by atoms with Crippen LogP contribution in [0, 0.1) is 0 Å². The van der Waals surface area contributed by atoms with E-state index in [0.717, 1.165) is 43.1 Å². The summed E-state index contributed by atoms with van der Waals surface area (Å²) in [7, 11) is 0. The molecule has 3 heterocycles. The number of hydrogen-bond acceptors (Lipinski definition) is 8. The predicted octanol–water partition coefficient (Wildman–Crippen LogP) is 2.68. The molecule has 5 rings (SSSR count). The minimum absolute atomic E-state index is 0.0740. The first-order chi connectivity index (χ1) is 16.1. The number of aliphatic hydroxyl groups excluding tert-OH is 1. The Labute approximate surface area is 194 Å². The Hall–Kier alpha value is -3.53. The van der Waals surface area contributed by atoms with Crippen molar-refractivity contribution >= 4 is 40.0 Å². The fourth-order valence-corrected chi connectivity index (χ4v) is 4.17. The summed E-state index contributed by atoms with van der Waals surface area (Å²) in [4.78, 5) is 23.9. The molecule has 1 aliphatic rings. The van der Waals surface area contributed by atoms with E-state index in [4.69, 9.17) is 11.6 Å². The van der Waals surface area contributed by atoms with Gasteiger partial charge >= 0.3 is 0 Å². The lowest BCUT2D eigenvalue weighted by Gasteiger charge is -2.31. The van der Waals surface area contributed by atoms with Crippen molar-refractivity contribution < 1.29 is 5.11 Å². The molecular formula is C23H22ClN7O2. The summed E-state index contributed by atoms with van der Waals surface area (Å²) in [5.74, 6) is 0.309. The number of aromatic nitrogens is 4. The maximum absolute atomic E-state index is 12.9. The Kier molecular flexibility index (Phi) is 5.91. The first-order valence-corrected chi connectivity index (χ1v) is 11.0. The Morgan fingerprint density at radius 3 is 2.76 bits per heavy atom. The summed E-state index contributed by atoms with van der Waals surface area (Å²) in [5.41, 5.74) is 3.35. The molecule has 0 radical (unpaired) electrons. The summed E-state index contributed by atoms with van der Waals surface area (Å²) >= 11 is 6.22. The molecule has 2 aromatic carbocycles. The highest BCUT2D eigenvalue weighted by molar-refractivity contribution is 6.33. The van der Waals surface area contributed by atoms with Gasteiger partial charge in [0.2, 0.25) is 11.4 Å². The molecule has 1 aliphatic heterocycles. The second kappa shape index (κ2) is 9.14. The molecule has 0 amide bonds. The van der Waals surface area contributed by atoms with Crippen molar-refractivity contribution in [3.63, 3.8) is 0 Å². The van der Waals surface area contributed by atoms with Crippen LogP contribution in [-0.2, 0) is 6.61 Å². The van der Waals surface area contributed by atoms with Gasteiger partial charge in [-0.25, -0.2) is 4.98 Å². The molecule has 0 unspecified atom stereocenters. The van der Waals surface area contributed by atoms with Crippen molar-refractivity contribution in [2.75, 3.05) is 36.4 Å². The molecule has 0 atom stereocenters. The molecule has 9 nitrogen and oxygen atoms in total. The topological polar surface area (TPSA) is 119 Å². The summed E-state index contributed by atoms with van der Waals surface area (Å²) in [5, 5.41) is 24.1. The first kappa shape index (κ1) is 21.3. The van der Waals surface area contributed by atoms with Crippen molar-refractivity contribution in [3.05, 3.63) is 69.5 Å². The molecule has 33 heavy (non-hydrogen) atoms. The molecule has 10 heteroatoms. The van der Waals surface area contributed by atoms with E-state index < -0.39 is 0 Å². The van der Waals surface area contributed by atoms with Gasteiger partial charge in [0.1, 0.15) is 5.69 Å². The maximum atomic E-state index is 12.9. The van der Waals surface area contributed by atoms with Crippen LogP contribution in [0.5, 0.6) is 0 Å². The van der Waals surface area contributed by atoms with Gasteiger partial charge in [-0.1, -0.05) is 29.8 Å². The van der Waals surface area contributed by atoms with Crippen molar-refractivity contribution in [2.45, 2.75) is 6.61 Å². The Morgan fingerprint density at radius 2 is 1.97 bits per heavy atom. The molecule has 0 aliphatic carbocycles. The van der Waals surface area contributed by atoms with Crippen molar-refractivity contribution in [3.8, 4) is 11.3 Å². The lowest BCUT2D eigenvalue weighted by Crippen LogP contribution is -2.43. The van der Waals surface area contributed by atoms with E-state index in [2.05, 4.69) is 35.7 Å². The Bertz CT molecular complexity index is 1370. The minimum Gasteiger partial charge on any atom is -0.392 e. The van der Waals surface area contributed by atoms with E-state index in [1.54, 1.807) is 24.3 Å². The van der Waals surface area contributed by atoms with Gasteiger partial charge in [-0.3, -0.25) is 9.89 Å². The maximum Gasteiger partial charge on any atom is 0.229 e. The third kappa shape index (κ3) is 4.25. The van der Waals surface area contributed by atoms with E-state index in [1.165, 1.54) is 6.20 Å². The van der Waals surface area contributed by atoms with Gasteiger partial charge in [0.25, 0.3) is 0 Å². The van der Waals surface area contributed by atoms with Crippen LogP contribution in [0.1, 0.15) is 5.56 Å². The molecular weight excluding hydrogens is 442 g/mol. The average molecular weight is 464 g/mol. The smallest absolute Gasteiger partial charge is 0.229 e. The molecule has 4 aromatic rings. The number of H-pyrrole nitrogens is 1. The number of nitrogens with one attached hydrogen (secondary N) is 3. The fraction of sp³-hybridized carbons (Fsp3) is 0.217. The van der Waals surface area contributed by atoms with E-state index >= 15 is 0 Å². The van der Waals surface area contributed by atoms with Crippen LogP contribution in [0.4, 0.5) is 17.3 Å². The van der Waals surface area contributed by atoms with Crippen molar-refractivity contribution in [1.29, 1.82) is 0 Å². The predicted molar refractivity (Wildman–Crippen MR) is 129 cm³/mol. The highest BCUT2D eigenvalue weighted by atomic mass is 35.5. The lowest BCUT2D eigenvalue weighted by molar-refractivity contribution is 0.282. The number of benzene rings is 2. The van der Waals surface area contributed by atoms with Crippen LogP contribution in [0.3, 0.4) is 0 Å². The van der Waals surface area contributed by atoms with E-state index in [1.807, 2.05) is 18.2 Å². The fourth-order valence-electron chi connectivity index (χ4n) is 3.95. The largest absolute Gasteiger partial charge is 0.392 e. The van der Waals surface area contributed by atoms with Gasteiger partial charge < -0.3 is 20.6 Å². The zero-order chi connectivity index (χ0) is 22.8. The number of aromatic amines is 1. The van der Waals surface area contributed by atoms with E-state index in [9.17, 15) is 9.90 Å². The molecule has 0 saturated carbocycles. The zero-order valence-electron chi connectivity index (χ0n) is 17.7. The SMILES string of the molecule is O=c1c(-c2ccccc2Cl)n[nH]c2nc(Nc3ccc(N4CCNCC4)c(CO)c3)ncc12. The van der Waals surface area contributed by atoms with Gasteiger partial charge in [-0.2, -0.15) is 10.1 Å². The van der Waals surface area contributed by atoms with Gasteiger partial charge in [0, 0.05) is 54.9 Å².